The van der Waals surface area contributed by atoms with Crippen molar-refractivity contribution in [3.8, 4) is 23.0 Å². The Morgan fingerprint density at radius 3 is 2.35 bits per heavy atom. The van der Waals surface area contributed by atoms with Crippen LogP contribution >= 0.6 is 11.6 Å². The third-order valence-electron chi connectivity index (χ3n) is 6.07. The van der Waals surface area contributed by atoms with E-state index in [1.54, 1.807) is 0 Å². The number of benzene rings is 2. The Hall–Kier alpha value is -2.80. The summed E-state index contributed by atoms with van der Waals surface area (Å²) in [5.41, 5.74) is 5.28. The van der Waals surface area contributed by atoms with Crippen LogP contribution in [0.5, 0.6) is 0 Å². The molecule has 0 atom stereocenters. The van der Waals surface area contributed by atoms with Crippen molar-refractivity contribution in [2.24, 2.45) is 0 Å². The molecule has 4 rings (SSSR count). The van der Waals surface area contributed by atoms with Gasteiger partial charge in [-0.15, -0.1) is 0 Å². The highest BCUT2D eigenvalue weighted by Crippen LogP contribution is 2.27. The minimum Gasteiger partial charge on any atom is -0.361 e. The molecule has 2 heterocycles. The van der Waals surface area contributed by atoms with E-state index in [4.69, 9.17) is 11.6 Å². The molecule has 1 saturated heterocycles. The lowest BCUT2D eigenvalue weighted by molar-refractivity contribution is 0.236. The summed E-state index contributed by atoms with van der Waals surface area (Å²) >= 11 is 6.15. The molecule has 0 radical (unpaired) electrons. The zero-order chi connectivity index (χ0) is 21.8. The second-order valence-corrected chi connectivity index (χ2v) is 8.61. The lowest BCUT2D eigenvalue weighted by atomic mass is 9.89. The highest BCUT2D eigenvalue weighted by Gasteiger charge is 2.19. The maximum atomic E-state index is 12.6. The van der Waals surface area contributed by atoms with Crippen LogP contribution in [0.1, 0.15) is 41.3 Å². The summed E-state index contributed by atoms with van der Waals surface area (Å²) in [6, 6.07) is 18.6. The summed E-state index contributed by atoms with van der Waals surface area (Å²) in [5.74, 6) is 7.24. The second-order valence-electron chi connectivity index (χ2n) is 8.23. The van der Waals surface area contributed by atoms with Gasteiger partial charge in [-0.25, -0.2) is 0 Å². The van der Waals surface area contributed by atoms with Crippen molar-refractivity contribution in [1.29, 1.82) is 0 Å². The first-order valence-corrected chi connectivity index (χ1v) is 11.2. The molecule has 3 aromatic rings. The lowest BCUT2D eigenvalue weighted by Crippen LogP contribution is -2.33. The number of nitrogens with one attached hydrogen (secondary N) is 1. The van der Waals surface area contributed by atoms with E-state index in [0.29, 0.717) is 17.2 Å². The third-order valence-corrected chi connectivity index (χ3v) is 6.53. The van der Waals surface area contributed by atoms with Gasteiger partial charge < -0.3 is 4.98 Å². The predicted octanol–water partition coefficient (Wildman–Crippen LogP) is 5.54. The van der Waals surface area contributed by atoms with E-state index in [-0.39, 0.29) is 10.5 Å². The Balaban J connectivity index is 1.37. The van der Waals surface area contributed by atoms with E-state index >= 15 is 0 Å². The van der Waals surface area contributed by atoms with Gasteiger partial charge in [0.1, 0.15) is 5.02 Å². The fourth-order valence-corrected chi connectivity index (χ4v) is 4.46. The standard InChI is InChI=1S/C27H27ClN2O/c1-19-25(27(31)26(28)20(2)29-19)24-12-10-21(11-13-24)7-6-16-30-17-14-23(15-18-30)22-8-4-3-5-9-22/h3-5,8-13,23H,14-18H2,1-2H3,(H,29,31). The zero-order valence-corrected chi connectivity index (χ0v) is 18.8. The first-order chi connectivity index (χ1) is 15.0. The minimum absolute atomic E-state index is 0.131. The van der Waals surface area contributed by atoms with E-state index in [1.165, 1.54) is 18.4 Å². The minimum atomic E-state index is -0.131. The van der Waals surface area contributed by atoms with Crippen LogP contribution in [0.4, 0.5) is 0 Å². The van der Waals surface area contributed by atoms with Crippen LogP contribution in [0.25, 0.3) is 11.1 Å². The van der Waals surface area contributed by atoms with E-state index in [0.717, 1.165) is 36.5 Å². The first kappa shape index (κ1) is 21.4. The predicted molar refractivity (Wildman–Crippen MR) is 129 cm³/mol. The van der Waals surface area contributed by atoms with Gasteiger partial charge in [-0.2, -0.15) is 0 Å². The summed E-state index contributed by atoms with van der Waals surface area (Å²) in [7, 11) is 0. The van der Waals surface area contributed by atoms with Gasteiger partial charge >= 0.3 is 0 Å². The van der Waals surface area contributed by atoms with Crippen molar-refractivity contribution < 1.29 is 0 Å². The molecule has 1 fully saturated rings. The molecule has 1 aromatic heterocycles. The summed E-state index contributed by atoms with van der Waals surface area (Å²) in [5, 5.41) is 0.250. The number of nitrogens with zero attached hydrogens (tertiary/aromatic N) is 1. The summed E-state index contributed by atoms with van der Waals surface area (Å²) in [4.78, 5) is 18.2. The van der Waals surface area contributed by atoms with E-state index in [2.05, 4.69) is 52.1 Å². The molecule has 3 nitrogen and oxygen atoms in total. The van der Waals surface area contributed by atoms with Crippen LogP contribution < -0.4 is 5.43 Å². The molecule has 2 aromatic carbocycles. The molecular formula is C27H27ClN2O. The van der Waals surface area contributed by atoms with Crippen molar-refractivity contribution in [3.05, 3.63) is 92.4 Å². The summed E-state index contributed by atoms with van der Waals surface area (Å²) in [6.45, 7) is 6.67. The average Bonchev–Trinajstić information content (AvgIpc) is 2.80. The van der Waals surface area contributed by atoms with E-state index in [9.17, 15) is 4.79 Å². The number of aromatic nitrogens is 1. The maximum Gasteiger partial charge on any atom is 0.208 e. The number of hydrogen-bond acceptors (Lipinski definition) is 2. The number of likely N-dealkylation sites (tertiary alicyclic amines) is 1. The Morgan fingerprint density at radius 2 is 1.68 bits per heavy atom. The Morgan fingerprint density at radius 1 is 1.00 bits per heavy atom. The molecule has 1 aliphatic rings. The summed E-state index contributed by atoms with van der Waals surface area (Å²) in [6.07, 6.45) is 2.38. The maximum absolute atomic E-state index is 12.6. The molecule has 1 aliphatic heterocycles. The first-order valence-electron chi connectivity index (χ1n) is 10.8. The average molecular weight is 431 g/mol. The van der Waals surface area contributed by atoms with Crippen molar-refractivity contribution >= 4 is 11.6 Å². The molecule has 0 spiro atoms. The number of rotatable bonds is 3. The quantitative estimate of drug-likeness (QED) is 0.553. The van der Waals surface area contributed by atoms with E-state index in [1.807, 2.05) is 38.1 Å². The molecule has 0 unspecified atom stereocenters. The van der Waals surface area contributed by atoms with Crippen molar-refractivity contribution in [3.63, 3.8) is 0 Å². The van der Waals surface area contributed by atoms with E-state index < -0.39 is 0 Å². The largest absolute Gasteiger partial charge is 0.361 e. The number of H-pyrrole nitrogens is 1. The molecule has 0 aliphatic carbocycles. The normalized spacial score (nSPS) is 14.8. The SMILES string of the molecule is Cc1[nH]c(C)c(-c2ccc(C#CCN3CCC(c4ccccc4)CC3)cc2)c(=O)c1Cl. The molecule has 4 heteroatoms. The smallest absolute Gasteiger partial charge is 0.208 e. The fourth-order valence-electron chi connectivity index (χ4n) is 4.32. The third kappa shape index (κ3) is 4.93. The molecular weight excluding hydrogens is 404 g/mol. The molecule has 0 bridgehead atoms. The zero-order valence-electron chi connectivity index (χ0n) is 18.0. The van der Waals surface area contributed by atoms with Crippen LogP contribution in [-0.2, 0) is 0 Å². The molecule has 31 heavy (non-hydrogen) atoms. The van der Waals surface area contributed by atoms with Gasteiger partial charge in [0.05, 0.1) is 6.54 Å². The number of aryl methyl sites for hydroxylation is 2. The molecule has 1 N–H and O–H groups in total. The number of hydrogen-bond donors (Lipinski definition) is 1. The lowest BCUT2D eigenvalue weighted by Gasteiger charge is -2.30. The van der Waals surface area contributed by atoms with Crippen molar-refractivity contribution in [2.75, 3.05) is 19.6 Å². The Kier molecular flexibility index (Phi) is 6.61. The van der Waals surface area contributed by atoms with Gasteiger partial charge in [0.25, 0.3) is 0 Å². The van der Waals surface area contributed by atoms with Crippen molar-refractivity contribution in [1.82, 2.24) is 9.88 Å². The highest BCUT2D eigenvalue weighted by molar-refractivity contribution is 6.31. The van der Waals surface area contributed by atoms with Gasteiger partial charge in [0, 0.05) is 22.5 Å². The number of pyridine rings is 1. The van der Waals surface area contributed by atoms with Crippen LogP contribution in [0.15, 0.2) is 59.4 Å². The van der Waals surface area contributed by atoms with Gasteiger partial charge in [0.15, 0.2) is 0 Å². The Labute approximate surface area is 189 Å². The van der Waals surface area contributed by atoms with Crippen LogP contribution in [-0.4, -0.2) is 29.5 Å². The van der Waals surface area contributed by atoms with Crippen molar-refractivity contribution in [2.45, 2.75) is 32.6 Å². The second kappa shape index (κ2) is 9.56. The molecule has 158 valence electrons. The number of aromatic amines is 1. The van der Waals surface area contributed by atoms with Crippen LogP contribution in [0.3, 0.4) is 0 Å². The fraction of sp³-hybridized carbons (Fsp3) is 0.296. The van der Waals surface area contributed by atoms with Gasteiger partial charge in [0.2, 0.25) is 5.43 Å². The monoisotopic (exact) mass is 430 g/mol. The topological polar surface area (TPSA) is 36.1 Å². The number of halogens is 1. The molecule has 0 saturated carbocycles. The van der Waals surface area contributed by atoms with Crippen LogP contribution in [0.2, 0.25) is 5.02 Å². The number of piperidine rings is 1. The van der Waals surface area contributed by atoms with Crippen LogP contribution in [0, 0.1) is 25.7 Å². The van der Waals surface area contributed by atoms with Gasteiger partial charge in [-0.05, 0) is 69.0 Å². The molecule has 0 amide bonds. The Bertz CT molecular complexity index is 1160. The van der Waals surface area contributed by atoms with Gasteiger partial charge in [-0.3, -0.25) is 9.69 Å². The highest BCUT2D eigenvalue weighted by atomic mass is 35.5. The summed E-state index contributed by atoms with van der Waals surface area (Å²) < 4.78 is 0. The van der Waals surface area contributed by atoms with Gasteiger partial charge in [-0.1, -0.05) is 65.9 Å².